The standard InChI is InChI=1S/C28H32N2O5S/c1-19(2)35-22-12-9-20(10-13-22)7-5-15-29-28(32)24(18-23-8-6-16-36-23)30-27(31)21-11-14-25(33-3)26(17-21)34-4/h6,8-14,16-19H,5,7,15H2,1-4H3,(H,29,32)(H,30,31)/b24-18-. The molecule has 3 aromatic rings. The van der Waals surface area contributed by atoms with Gasteiger partial charge in [0, 0.05) is 17.0 Å². The van der Waals surface area contributed by atoms with Gasteiger partial charge in [0.2, 0.25) is 0 Å². The lowest BCUT2D eigenvalue weighted by Gasteiger charge is -2.13. The predicted octanol–water partition coefficient (Wildman–Crippen LogP) is 5.07. The molecule has 0 unspecified atom stereocenters. The minimum absolute atomic E-state index is 0.134. The molecule has 3 rings (SSSR count). The SMILES string of the molecule is COc1ccc(C(=O)N/C(=C\c2cccs2)C(=O)NCCCc2ccc(OC(C)C)cc2)cc1OC. The second kappa shape index (κ2) is 13.3. The van der Waals surface area contributed by atoms with Crippen molar-refractivity contribution in [2.24, 2.45) is 0 Å². The highest BCUT2D eigenvalue weighted by Crippen LogP contribution is 2.27. The van der Waals surface area contributed by atoms with Gasteiger partial charge in [-0.2, -0.15) is 0 Å². The third-order valence-electron chi connectivity index (χ3n) is 5.19. The van der Waals surface area contributed by atoms with Crippen molar-refractivity contribution in [3.05, 3.63) is 81.7 Å². The van der Waals surface area contributed by atoms with Gasteiger partial charge in [0.1, 0.15) is 11.4 Å². The zero-order valence-corrected chi connectivity index (χ0v) is 21.8. The van der Waals surface area contributed by atoms with E-state index in [9.17, 15) is 9.59 Å². The van der Waals surface area contributed by atoms with E-state index >= 15 is 0 Å². The van der Waals surface area contributed by atoms with Gasteiger partial charge in [0.15, 0.2) is 11.5 Å². The first-order chi connectivity index (χ1) is 17.4. The molecule has 8 heteroatoms. The Morgan fingerprint density at radius 2 is 1.75 bits per heavy atom. The van der Waals surface area contributed by atoms with E-state index in [1.807, 2.05) is 55.6 Å². The molecule has 0 radical (unpaired) electrons. The van der Waals surface area contributed by atoms with Crippen LogP contribution in [0.3, 0.4) is 0 Å². The van der Waals surface area contributed by atoms with Crippen molar-refractivity contribution in [2.75, 3.05) is 20.8 Å². The van der Waals surface area contributed by atoms with Crippen LogP contribution < -0.4 is 24.8 Å². The maximum atomic E-state index is 13.0. The third-order valence-corrected chi connectivity index (χ3v) is 6.01. The number of rotatable bonds is 12. The molecule has 36 heavy (non-hydrogen) atoms. The number of ether oxygens (including phenoxy) is 3. The molecule has 2 amide bonds. The Kier molecular flexibility index (Phi) is 9.94. The fourth-order valence-electron chi connectivity index (χ4n) is 3.44. The maximum absolute atomic E-state index is 13.0. The molecule has 2 aromatic carbocycles. The van der Waals surface area contributed by atoms with Crippen molar-refractivity contribution in [3.63, 3.8) is 0 Å². The largest absolute Gasteiger partial charge is 0.493 e. The molecule has 0 saturated heterocycles. The summed E-state index contributed by atoms with van der Waals surface area (Å²) in [5.74, 6) is 1.02. The lowest BCUT2D eigenvalue weighted by atomic mass is 10.1. The van der Waals surface area contributed by atoms with Crippen LogP contribution in [0.25, 0.3) is 6.08 Å². The van der Waals surface area contributed by atoms with Gasteiger partial charge in [-0.3, -0.25) is 9.59 Å². The number of aryl methyl sites for hydroxylation is 1. The first-order valence-corrected chi connectivity index (χ1v) is 12.6. The Morgan fingerprint density at radius 3 is 2.39 bits per heavy atom. The Morgan fingerprint density at radius 1 is 1.00 bits per heavy atom. The van der Waals surface area contributed by atoms with Crippen LogP contribution in [-0.2, 0) is 11.2 Å². The summed E-state index contributed by atoms with van der Waals surface area (Å²) < 4.78 is 16.2. The van der Waals surface area contributed by atoms with E-state index in [1.54, 1.807) is 24.3 Å². The number of hydrogen-bond donors (Lipinski definition) is 2. The van der Waals surface area contributed by atoms with Crippen LogP contribution in [0.2, 0.25) is 0 Å². The monoisotopic (exact) mass is 508 g/mol. The molecule has 0 atom stereocenters. The topological polar surface area (TPSA) is 85.9 Å². The average molecular weight is 509 g/mol. The Bertz CT molecular complexity index is 1170. The lowest BCUT2D eigenvalue weighted by molar-refractivity contribution is -0.117. The van der Waals surface area contributed by atoms with Crippen LogP contribution in [0.1, 0.15) is 41.1 Å². The second-order valence-electron chi connectivity index (χ2n) is 8.27. The summed E-state index contributed by atoms with van der Waals surface area (Å²) in [5.41, 5.74) is 1.69. The number of methoxy groups -OCH3 is 2. The molecule has 7 nitrogen and oxygen atoms in total. The molecule has 0 aliphatic carbocycles. The van der Waals surface area contributed by atoms with Gasteiger partial charge in [-0.1, -0.05) is 18.2 Å². The molecule has 1 heterocycles. The van der Waals surface area contributed by atoms with Gasteiger partial charge in [0.25, 0.3) is 11.8 Å². The van der Waals surface area contributed by atoms with Crippen molar-refractivity contribution >= 4 is 29.2 Å². The normalized spacial score (nSPS) is 11.2. The molecular formula is C28H32N2O5S. The number of benzene rings is 2. The smallest absolute Gasteiger partial charge is 0.267 e. The number of thiophene rings is 1. The van der Waals surface area contributed by atoms with E-state index in [4.69, 9.17) is 14.2 Å². The lowest BCUT2D eigenvalue weighted by Crippen LogP contribution is -2.35. The molecule has 0 saturated carbocycles. The summed E-state index contributed by atoms with van der Waals surface area (Å²) in [5, 5.41) is 7.57. The Hall–Kier alpha value is -3.78. The van der Waals surface area contributed by atoms with Crippen LogP contribution in [0.5, 0.6) is 17.2 Å². The first kappa shape index (κ1) is 26.8. The fraction of sp³-hybridized carbons (Fsp3) is 0.286. The van der Waals surface area contributed by atoms with Crippen LogP contribution in [0.15, 0.2) is 65.7 Å². The van der Waals surface area contributed by atoms with Crippen molar-refractivity contribution in [1.29, 1.82) is 0 Å². The molecule has 0 spiro atoms. The summed E-state index contributed by atoms with van der Waals surface area (Å²) in [6.45, 7) is 4.46. The Labute approximate surface area is 216 Å². The van der Waals surface area contributed by atoms with E-state index < -0.39 is 5.91 Å². The average Bonchev–Trinajstić information content (AvgIpc) is 3.39. The van der Waals surface area contributed by atoms with Gasteiger partial charge in [0.05, 0.1) is 20.3 Å². The van der Waals surface area contributed by atoms with Crippen LogP contribution in [-0.4, -0.2) is 38.7 Å². The van der Waals surface area contributed by atoms with Gasteiger partial charge >= 0.3 is 0 Å². The van der Waals surface area contributed by atoms with Crippen molar-refractivity contribution in [3.8, 4) is 17.2 Å². The zero-order valence-electron chi connectivity index (χ0n) is 21.0. The maximum Gasteiger partial charge on any atom is 0.267 e. The number of nitrogens with one attached hydrogen (secondary N) is 2. The number of carbonyl (C=O) groups is 2. The zero-order chi connectivity index (χ0) is 25.9. The molecule has 0 fully saturated rings. The summed E-state index contributed by atoms with van der Waals surface area (Å²) in [6, 6.07) is 16.6. The summed E-state index contributed by atoms with van der Waals surface area (Å²) in [7, 11) is 3.03. The highest BCUT2D eigenvalue weighted by Gasteiger charge is 2.16. The van der Waals surface area contributed by atoms with Crippen molar-refractivity contribution in [2.45, 2.75) is 32.8 Å². The van der Waals surface area contributed by atoms with Gasteiger partial charge in [-0.05, 0) is 80.1 Å². The quantitative estimate of drug-likeness (QED) is 0.263. The Balaban J connectivity index is 1.61. The van der Waals surface area contributed by atoms with Gasteiger partial charge in [-0.25, -0.2) is 0 Å². The molecule has 0 bridgehead atoms. The minimum Gasteiger partial charge on any atom is -0.493 e. The van der Waals surface area contributed by atoms with Crippen molar-refractivity contribution < 1.29 is 23.8 Å². The summed E-state index contributed by atoms with van der Waals surface area (Å²) in [6.07, 6.45) is 3.37. The molecule has 190 valence electrons. The first-order valence-electron chi connectivity index (χ1n) is 11.7. The van der Waals surface area contributed by atoms with Crippen LogP contribution >= 0.6 is 11.3 Å². The van der Waals surface area contributed by atoms with Crippen LogP contribution in [0, 0.1) is 0 Å². The highest BCUT2D eigenvalue weighted by molar-refractivity contribution is 7.10. The minimum atomic E-state index is -0.419. The number of hydrogen-bond acceptors (Lipinski definition) is 6. The van der Waals surface area contributed by atoms with E-state index in [0.29, 0.717) is 23.6 Å². The van der Waals surface area contributed by atoms with E-state index in [1.165, 1.54) is 25.6 Å². The molecule has 0 aliphatic rings. The highest BCUT2D eigenvalue weighted by atomic mass is 32.1. The van der Waals surface area contributed by atoms with E-state index in [2.05, 4.69) is 10.6 Å². The predicted molar refractivity (Wildman–Crippen MR) is 143 cm³/mol. The molecule has 0 aliphatic heterocycles. The van der Waals surface area contributed by atoms with E-state index in [-0.39, 0.29) is 17.7 Å². The van der Waals surface area contributed by atoms with Gasteiger partial charge < -0.3 is 24.8 Å². The summed E-state index contributed by atoms with van der Waals surface area (Å²) in [4.78, 5) is 26.8. The molecule has 2 N–H and O–H groups in total. The summed E-state index contributed by atoms with van der Waals surface area (Å²) >= 11 is 1.48. The number of amides is 2. The molecular weight excluding hydrogens is 476 g/mol. The molecule has 1 aromatic heterocycles. The van der Waals surface area contributed by atoms with Crippen molar-refractivity contribution in [1.82, 2.24) is 10.6 Å². The van der Waals surface area contributed by atoms with Gasteiger partial charge in [-0.15, -0.1) is 11.3 Å². The van der Waals surface area contributed by atoms with Crippen LogP contribution in [0.4, 0.5) is 0 Å². The van der Waals surface area contributed by atoms with E-state index in [0.717, 1.165) is 29.0 Å². The fourth-order valence-corrected chi connectivity index (χ4v) is 4.10. The number of carbonyl (C=O) groups excluding carboxylic acids is 2. The second-order valence-corrected chi connectivity index (χ2v) is 9.25. The third kappa shape index (κ3) is 7.88.